The SMILES string of the molecule is CC(C)c1cc(C(C)C)c(S(=O)(=O)N2CCN(CC=Cc3ccccc3)CC2)c(C(C)C)c1. The standard InChI is InChI=1S/C28H40N2O2S/c1-21(2)25-19-26(22(3)4)28(27(20-25)23(5)6)33(31,32)30-17-15-29(16-18-30)14-10-13-24-11-8-7-9-12-24/h7-13,19-23H,14-18H2,1-6H3. The van der Waals surface area contributed by atoms with Gasteiger partial charge in [0.1, 0.15) is 0 Å². The molecule has 180 valence electrons. The van der Waals surface area contributed by atoms with Crippen molar-refractivity contribution in [1.82, 2.24) is 9.21 Å². The van der Waals surface area contributed by atoms with Crippen molar-refractivity contribution in [3.63, 3.8) is 0 Å². The van der Waals surface area contributed by atoms with E-state index in [1.54, 1.807) is 4.31 Å². The molecule has 0 N–H and O–H groups in total. The molecule has 4 nitrogen and oxygen atoms in total. The molecule has 0 aromatic heterocycles. The topological polar surface area (TPSA) is 40.6 Å². The zero-order valence-corrected chi connectivity index (χ0v) is 21.9. The lowest BCUT2D eigenvalue weighted by atomic mass is 9.89. The molecule has 1 aliphatic heterocycles. The lowest BCUT2D eigenvalue weighted by Crippen LogP contribution is -2.48. The molecule has 1 aliphatic rings. The maximum atomic E-state index is 13.9. The lowest BCUT2D eigenvalue weighted by molar-refractivity contribution is 0.204. The number of sulfonamides is 1. The minimum absolute atomic E-state index is 0.149. The Kier molecular flexibility index (Phi) is 8.54. The van der Waals surface area contributed by atoms with Gasteiger partial charge >= 0.3 is 0 Å². The summed E-state index contributed by atoms with van der Waals surface area (Å²) in [5.41, 5.74) is 4.32. The Morgan fingerprint density at radius 3 is 1.85 bits per heavy atom. The van der Waals surface area contributed by atoms with Crippen LogP contribution in [-0.2, 0) is 10.0 Å². The molecule has 0 amide bonds. The molecule has 1 fully saturated rings. The van der Waals surface area contributed by atoms with Crippen LogP contribution in [0.2, 0.25) is 0 Å². The van der Waals surface area contributed by atoms with Gasteiger partial charge in [-0.25, -0.2) is 8.42 Å². The van der Waals surface area contributed by atoms with Crippen molar-refractivity contribution in [3.8, 4) is 0 Å². The van der Waals surface area contributed by atoms with Crippen LogP contribution in [0.1, 0.15) is 81.5 Å². The van der Waals surface area contributed by atoms with E-state index < -0.39 is 10.0 Å². The minimum atomic E-state index is -3.55. The summed E-state index contributed by atoms with van der Waals surface area (Å²) in [6, 6.07) is 14.5. The highest BCUT2D eigenvalue weighted by Gasteiger charge is 2.33. The fourth-order valence-corrected chi connectivity index (χ4v) is 6.46. The van der Waals surface area contributed by atoms with Gasteiger partial charge in [0.05, 0.1) is 4.90 Å². The number of hydrogen-bond acceptors (Lipinski definition) is 3. The number of rotatable bonds is 8. The molecule has 2 aromatic carbocycles. The summed E-state index contributed by atoms with van der Waals surface area (Å²) in [6.07, 6.45) is 4.29. The van der Waals surface area contributed by atoms with Crippen LogP contribution in [0.25, 0.3) is 6.08 Å². The third-order valence-corrected chi connectivity index (χ3v) is 8.51. The van der Waals surface area contributed by atoms with E-state index in [1.165, 1.54) is 11.1 Å². The summed E-state index contributed by atoms with van der Waals surface area (Å²) >= 11 is 0. The molecule has 5 heteroatoms. The van der Waals surface area contributed by atoms with Crippen molar-refractivity contribution < 1.29 is 8.42 Å². The molecule has 3 rings (SSSR count). The predicted octanol–water partition coefficient (Wildman–Crippen LogP) is 6.08. The molecule has 0 aliphatic carbocycles. The second-order valence-electron chi connectivity index (χ2n) is 10.0. The van der Waals surface area contributed by atoms with E-state index in [1.807, 2.05) is 18.2 Å². The fraction of sp³-hybridized carbons (Fsp3) is 0.500. The van der Waals surface area contributed by atoms with E-state index in [2.05, 4.69) is 82.9 Å². The highest BCUT2D eigenvalue weighted by Crippen LogP contribution is 2.36. The third kappa shape index (κ3) is 6.14. The summed E-state index contributed by atoms with van der Waals surface area (Å²) in [4.78, 5) is 2.87. The summed E-state index contributed by atoms with van der Waals surface area (Å²) in [6.45, 7) is 16.1. The zero-order chi connectivity index (χ0) is 24.2. The minimum Gasteiger partial charge on any atom is -0.297 e. The maximum Gasteiger partial charge on any atom is 0.243 e. The van der Waals surface area contributed by atoms with Gasteiger partial charge in [0.25, 0.3) is 0 Å². The predicted molar refractivity (Wildman–Crippen MR) is 139 cm³/mol. The van der Waals surface area contributed by atoms with Crippen molar-refractivity contribution in [2.24, 2.45) is 0 Å². The van der Waals surface area contributed by atoms with E-state index >= 15 is 0 Å². The molecule has 0 unspecified atom stereocenters. The summed E-state index contributed by atoms with van der Waals surface area (Å²) < 4.78 is 29.5. The molecular formula is C28H40N2O2S. The normalized spacial score (nSPS) is 16.5. The number of nitrogens with zero attached hydrogens (tertiary/aromatic N) is 2. The molecule has 0 atom stereocenters. The Labute approximate surface area is 201 Å². The molecule has 0 saturated carbocycles. The van der Waals surface area contributed by atoms with Crippen LogP contribution in [0.4, 0.5) is 0 Å². The molecule has 0 bridgehead atoms. The first-order chi connectivity index (χ1) is 15.6. The van der Waals surface area contributed by atoms with E-state index in [4.69, 9.17) is 0 Å². The molecule has 2 aromatic rings. The van der Waals surface area contributed by atoms with E-state index in [9.17, 15) is 8.42 Å². The highest BCUT2D eigenvalue weighted by atomic mass is 32.2. The molecule has 33 heavy (non-hydrogen) atoms. The van der Waals surface area contributed by atoms with Crippen LogP contribution in [0.3, 0.4) is 0 Å². The van der Waals surface area contributed by atoms with Crippen molar-refractivity contribution >= 4 is 16.1 Å². The Morgan fingerprint density at radius 1 is 0.818 bits per heavy atom. The Morgan fingerprint density at radius 2 is 1.36 bits per heavy atom. The summed E-state index contributed by atoms with van der Waals surface area (Å²) in [5.74, 6) is 0.662. The van der Waals surface area contributed by atoms with Crippen molar-refractivity contribution in [1.29, 1.82) is 0 Å². The molecular weight excluding hydrogens is 428 g/mol. The Bertz CT molecular complexity index is 1020. The van der Waals surface area contributed by atoms with Crippen LogP contribution >= 0.6 is 0 Å². The van der Waals surface area contributed by atoms with E-state index in [0.717, 1.165) is 30.8 Å². The second kappa shape index (κ2) is 11.0. The lowest BCUT2D eigenvalue weighted by Gasteiger charge is -2.35. The van der Waals surface area contributed by atoms with Crippen molar-refractivity contribution in [3.05, 3.63) is 70.8 Å². The van der Waals surface area contributed by atoms with Gasteiger partial charge in [-0.1, -0.05) is 96.2 Å². The van der Waals surface area contributed by atoms with Crippen LogP contribution in [0.5, 0.6) is 0 Å². The van der Waals surface area contributed by atoms with Gasteiger partial charge in [-0.3, -0.25) is 4.90 Å². The van der Waals surface area contributed by atoms with Gasteiger partial charge in [0, 0.05) is 32.7 Å². The number of benzene rings is 2. The second-order valence-corrected chi connectivity index (χ2v) is 11.9. The monoisotopic (exact) mass is 468 g/mol. The first-order valence-electron chi connectivity index (χ1n) is 12.2. The zero-order valence-electron chi connectivity index (χ0n) is 21.1. The summed E-state index contributed by atoms with van der Waals surface area (Å²) in [7, 11) is -3.55. The first kappa shape index (κ1) is 25.7. The number of hydrogen-bond donors (Lipinski definition) is 0. The van der Waals surface area contributed by atoms with Gasteiger partial charge in [0.15, 0.2) is 0 Å². The average Bonchev–Trinajstić information content (AvgIpc) is 2.79. The van der Waals surface area contributed by atoms with Crippen LogP contribution in [-0.4, -0.2) is 50.3 Å². The van der Waals surface area contributed by atoms with Crippen molar-refractivity contribution in [2.45, 2.75) is 64.2 Å². The molecule has 1 heterocycles. The Balaban J connectivity index is 1.80. The van der Waals surface area contributed by atoms with Gasteiger partial charge in [-0.2, -0.15) is 4.31 Å². The maximum absolute atomic E-state index is 13.9. The van der Waals surface area contributed by atoms with Crippen LogP contribution < -0.4 is 0 Å². The third-order valence-electron chi connectivity index (χ3n) is 6.48. The fourth-order valence-electron chi connectivity index (χ4n) is 4.37. The van der Waals surface area contributed by atoms with E-state index in [-0.39, 0.29) is 11.8 Å². The van der Waals surface area contributed by atoms with E-state index in [0.29, 0.717) is 23.9 Å². The Hall–Kier alpha value is -1.95. The quantitative estimate of drug-likeness (QED) is 0.472. The average molecular weight is 469 g/mol. The highest BCUT2D eigenvalue weighted by molar-refractivity contribution is 7.89. The first-order valence-corrected chi connectivity index (χ1v) is 13.7. The smallest absolute Gasteiger partial charge is 0.243 e. The molecule has 0 spiro atoms. The van der Waals surface area contributed by atoms with Gasteiger partial charge < -0.3 is 0 Å². The summed E-state index contributed by atoms with van der Waals surface area (Å²) in [5, 5.41) is 0. The molecule has 0 radical (unpaired) electrons. The largest absolute Gasteiger partial charge is 0.297 e. The van der Waals surface area contributed by atoms with Gasteiger partial charge in [-0.15, -0.1) is 0 Å². The van der Waals surface area contributed by atoms with Crippen LogP contribution in [0, 0.1) is 0 Å². The van der Waals surface area contributed by atoms with Gasteiger partial charge in [0.2, 0.25) is 10.0 Å². The van der Waals surface area contributed by atoms with Gasteiger partial charge in [-0.05, 0) is 40.0 Å². The van der Waals surface area contributed by atoms with Crippen LogP contribution in [0.15, 0.2) is 53.4 Å². The van der Waals surface area contributed by atoms with Crippen molar-refractivity contribution in [2.75, 3.05) is 32.7 Å². The number of piperazine rings is 1. The molecule has 1 saturated heterocycles.